The minimum atomic E-state index is -0.447. The molecule has 0 aromatic heterocycles. The van der Waals surface area contributed by atoms with E-state index in [-0.39, 0.29) is 18.2 Å². The molecule has 0 amide bonds. The smallest absolute Gasteiger partial charge is 0.279 e. The minimum absolute atomic E-state index is 0.0209. The first-order valence-corrected chi connectivity index (χ1v) is 6.15. The van der Waals surface area contributed by atoms with Gasteiger partial charge in [-0.2, -0.15) is 5.26 Å². The summed E-state index contributed by atoms with van der Waals surface area (Å²) in [5, 5.41) is 33.8. The molecule has 100 valence electrons. The molecule has 6 heteroatoms. The van der Waals surface area contributed by atoms with Crippen molar-refractivity contribution in [1.82, 2.24) is 0 Å². The molecular weight excluding hydrogens is 258 g/mol. The van der Waals surface area contributed by atoms with Gasteiger partial charge in [0, 0.05) is 24.2 Å². The Hall–Kier alpha value is -2.65. The predicted octanol–water partition coefficient (Wildman–Crippen LogP) is 2.12. The summed E-state index contributed by atoms with van der Waals surface area (Å²) in [6.07, 6.45) is 0. The van der Waals surface area contributed by atoms with Crippen LogP contribution >= 0.6 is 0 Å². The number of nitriles is 1. The number of rotatable bonds is 2. The lowest BCUT2D eigenvalue weighted by Gasteiger charge is -2.10. The van der Waals surface area contributed by atoms with Crippen LogP contribution in [0.3, 0.4) is 0 Å². The monoisotopic (exact) mass is 269 g/mol. The molecule has 0 saturated heterocycles. The van der Waals surface area contributed by atoms with Crippen LogP contribution in [0.5, 0.6) is 0 Å². The lowest BCUT2D eigenvalue weighted by atomic mass is 9.93. The number of nitro benzene ring substituents is 1. The van der Waals surface area contributed by atoms with Gasteiger partial charge in [-0.3, -0.25) is 10.1 Å². The van der Waals surface area contributed by atoms with Crippen LogP contribution in [-0.2, 0) is 0 Å². The molecule has 3 rings (SSSR count). The quantitative estimate of drug-likeness (QED) is 0.642. The zero-order valence-electron chi connectivity index (χ0n) is 10.5. The molecule has 2 aromatic rings. The van der Waals surface area contributed by atoms with Crippen molar-refractivity contribution in [3.8, 4) is 6.07 Å². The van der Waals surface area contributed by atoms with Crippen molar-refractivity contribution >= 4 is 22.1 Å². The summed E-state index contributed by atoms with van der Waals surface area (Å²) < 4.78 is 0. The maximum atomic E-state index is 11.2. The minimum Gasteiger partial charge on any atom is -0.396 e. The van der Waals surface area contributed by atoms with Crippen LogP contribution in [0.25, 0.3) is 10.8 Å². The lowest BCUT2D eigenvalue weighted by Crippen LogP contribution is -2.06. The van der Waals surface area contributed by atoms with E-state index in [0.29, 0.717) is 23.2 Å². The molecule has 0 saturated carbocycles. The Labute approximate surface area is 114 Å². The van der Waals surface area contributed by atoms with Gasteiger partial charge in [-0.25, -0.2) is 0 Å². The van der Waals surface area contributed by atoms with E-state index in [0.717, 1.165) is 10.9 Å². The van der Waals surface area contributed by atoms with Crippen molar-refractivity contribution in [2.45, 2.75) is 5.92 Å². The van der Waals surface area contributed by atoms with Gasteiger partial charge in [-0.05, 0) is 23.1 Å². The Bertz CT molecular complexity index is 764. The van der Waals surface area contributed by atoms with Gasteiger partial charge in [0.2, 0.25) is 0 Å². The third-order valence-corrected chi connectivity index (χ3v) is 3.65. The summed E-state index contributed by atoms with van der Waals surface area (Å²) in [7, 11) is 0. The highest BCUT2D eigenvalue weighted by Gasteiger charge is 2.28. The van der Waals surface area contributed by atoms with E-state index in [2.05, 4.69) is 5.32 Å². The fourth-order valence-electron chi connectivity index (χ4n) is 2.73. The second-order valence-corrected chi connectivity index (χ2v) is 4.75. The zero-order chi connectivity index (χ0) is 14.3. The van der Waals surface area contributed by atoms with Crippen LogP contribution in [0.15, 0.2) is 24.3 Å². The average Bonchev–Trinajstić information content (AvgIpc) is 2.88. The molecule has 0 aliphatic carbocycles. The summed E-state index contributed by atoms with van der Waals surface area (Å²) in [4.78, 5) is 10.8. The van der Waals surface area contributed by atoms with Crippen molar-refractivity contribution in [2.24, 2.45) is 0 Å². The Kier molecular flexibility index (Phi) is 2.77. The number of aliphatic hydroxyl groups excluding tert-OH is 1. The highest BCUT2D eigenvalue weighted by molar-refractivity contribution is 5.99. The van der Waals surface area contributed by atoms with Gasteiger partial charge in [0.1, 0.15) is 0 Å². The van der Waals surface area contributed by atoms with Crippen LogP contribution in [-0.4, -0.2) is 23.2 Å². The highest BCUT2D eigenvalue weighted by atomic mass is 16.6. The van der Waals surface area contributed by atoms with Crippen molar-refractivity contribution < 1.29 is 10.0 Å². The fraction of sp³-hybridized carbons (Fsp3) is 0.214. The Morgan fingerprint density at radius 1 is 1.45 bits per heavy atom. The maximum Gasteiger partial charge on any atom is 0.279 e. The summed E-state index contributed by atoms with van der Waals surface area (Å²) in [5.74, 6) is -0.0822. The number of benzene rings is 2. The molecule has 6 nitrogen and oxygen atoms in total. The first kappa shape index (κ1) is 12.4. The molecule has 1 aliphatic rings. The van der Waals surface area contributed by atoms with Crippen molar-refractivity contribution in [3.05, 3.63) is 45.5 Å². The van der Waals surface area contributed by atoms with Crippen LogP contribution in [0, 0.1) is 21.4 Å². The van der Waals surface area contributed by atoms with E-state index in [9.17, 15) is 15.2 Å². The second-order valence-electron chi connectivity index (χ2n) is 4.75. The SMILES string of the molecule is N#Cc1ccc2c3c(cc([N+](=O)[O-])c2c1)NCC3CO. The van der Waals surface area contributed by atoms with E-state index in [4.69, 9.17) is 5.26 Å². The van der Waals surface area contributed by atoms with Crippen molar-refractivity contribution in [1.29, 1.82) is 5.26 Å². The summed E-state index contributed by atoms with van der Waals surface area (Å²) >= 11 is 0. The summed E-state index contributed by atoms with van der Waals surface area (Å²) in [6.45, 7) is 0.537. The highest BCUT2D eigenvalue weighted by Crippen LogP contribution is 2.41. The van der Waals surface area contributed by atoms with E-state index < -0.39 is 4.92 Å². The molecule has 2 aromatic carbocycles. The Balaban J connectivity index is 2.40. The first-order valence-electron chi connectivity index (χ1n) is 6.15. The number of non-ortho nitro benzene ring substituents is 1. The lowest BCUT2D eigenvalue weighted by molar-refractivity contribution is -0.383. The van der Waals surface area contributed by atoms with Gasteiger partial charge in [0.05, 0.1) is 28.5 Å². The molecule has 1 aliphatic heterocycles. The molecular formula is C14H11N3O3. The van der Waals surface area contributed by atoms with Crippen LogP contribution in [0.1, 0.15) is 17.0 Å². The number of hydrogen-bond donors (Lipinski definition) is 2. The second kappa shape index (κ2) is 4.47. The third kappa shape index (κ3) is 1.68. The van der Waals surface area contributed by atoms with Crippen LogP contribution in [0.2, 0.25) is 0 Å². The maximum absolute atomic E-state index is 11.2. The van der Waals surface area contributed by atoms with Gasteiger partial charge >= 0.3 is 0 Å². The largest absolute Gasteiger partial charge is 0.396 e. The molecule has 1 atom stereocenters. The Morgan fingerprint density at radius 3 is 2.90 bits per heavy atom. The van der Waals surface area contributed by atoms with Gasteiger partial charge in [0.25, 0.3) is 5.69 Å². The van der Waals surface area contributed by atoms with E-state index in [1.165, 1.54) is 12.1 Å². The molecule has 1 heterocycles. The molecule has 0 bridgehead atoms. The molecule has 0 fully saturated rings. The van der Waals surface area contributed by atoms with Gasteiger partial charge in [-0.1, -0.05) is 6.07 Å². The van der Waals surface area contributed by atoms with Crippen LogP contribution in [0.4, 0.5) is 11.4 Å². The summed E-state index contributed by atoms with van der Waals surface area (Å²) in [6, 6.07) is 8.36. The number of nitrogens with one attached hydrogen (secondary N) is 1. The van der Waals surface area contributed by atoms with E-state index in [1.54, 1.807) is 12.1 Å². The zero-order valence-corrected chi connectivity index (χ0v) is 10.5. The standard InChI is InChI=1S/C14H11N3O3/c15-5-8-1-2-10-11(3-8)13(17(19)20)4-12-14(10)9(7-18)6-16-12/h1-4,9,16,18H,6-7H2. The van der Waals surface area contributed by atoms with E-state index in [1.807, 2.05) is 6.07 Å². The number of nitrogens with zero attached hydrogens (tertiary/aromatic N) is 2. The summed E-state index contributed by atoms with van der Waals surface area (Å²) in [5.41, 5.74) is 1.93. The topological polar surface area (TPSA) is 99.2 Å². The molecule has 2 N–H and O–H groups in total. The fourth-order valence-corrected chi connectivity index (χ4v) is 2.73. The van der Waals surface area contributed by atoms with Gasteiger partial charge < -0.3 is 10.4 Å². The molecule has 1 unspecified atom stereocenters. The third-order valence-electron chi connectivity index (χ3n) is 3.65. The van der Waals surface area contributed by atoms with Crippen molar-refractivity contribution in [3.63, 3.8) is 0 Å². The van der Waals surface area contributed by atoms with E-state index >= 15 is 0 Å². The van der Waals surface area contributed by atoms with Gasteiger partial charge in [0.15, 0.2) is 0 Å². The van der Waals surface area contributed by atoms with Gasteiger partial charge in [-0.15, -0.1) is 0 Å². The molecule has 20 heavy (non-hydrogen) atoms. The normalized spacial score (nSPS) is 16.5. The molecule has 0 radical (unpaired) electrons. The number of aliphatic hydroxyl groups is 1. The van der Waals surface area contributed by atoms with Crippen LogP contribution < -0.4 is 5.32 Å². The van der Waals surface area contributed by atoms with Crippen molar-refractivity contribution in [2.75, 3.05) is 18.5 Å². The average molecular weight is 269 g/mol. The number of anilines is 1. The number of nitro groups is 1. The Morgan fingerprint density at radius 2 is 2.25 bits per heavy atom. The predicted molar refractivity (Wildman–Crippen MR) is 73.6 cm³/mol. The first-order chi connectivity index (χ1) is 9.65. The number of hydrogen-bond acceptors (Lipinski definition) is 5. The molecule has 0 spiro atoms. The number of fused-ring (bicyclic) bond motifs is 3.